The second kappa shape index (κ2) is 4.88. The third-order valence-corrected chi connectivity index (χ3v) is 3.40. The molecule has 0 saturated heterocycles. The fourth-order valence-corrected chi connectivity index (χ4v) is 2.21. The first kappa shape index (κ1) is 12.7. The minimum absolute atomic E-state index is 0.0294. The van der Waals surface area contributed by atoms with E-state index in [9.17, 15) is 8.42 Å². The molecule has 0 atom stereocenters. The molecule has 18 heavy (non-hydrogen) atoms. The monoisotopic (exact) mass is 272 g/mol. The number of rotatable bonds is 5. The van der Waals surface area contributed by atoms with Crippen LogP contribution in [0.5, 0.6) is 0 Å². The summed E-state index contributed by atoms with van der Waals surface area (Å²) in [5.74, 6) is 0.543. The zero-order chi connectivity index (χ0) is 13.2. The Bertz CT molecular complexity index is 631. The lowest BCUT2D eigenvalue weighted by Gasteiger charge is -2.01. The number of hydrogen-bond acceptors (Lipinski definition) is 6. The lowest BCUT2D eigenvalue weighted by molar-refractivity contribution is 0.236. The van der Waals surface area contributed by atoms with Gasteiger partial charge in [0.05, 0.1) is 6.54 Å². The number of aromatic nitrogens is 3. The molecule has 2 aromatic rings. The van der Waals surface area contributed by atoms with Gasteiger partial charge in [-0.3, -0.25) is 4.68 Å². The molecular formula is C9H12N4O4S. The molecule has 0 spiro atoms. The molecule has 2 N–H and O–H groups in total. The summed E-state index contributed by atoms with van der Waals surface area (Å²) < 4.78 is 32.3. The van der Waals surface area contributed by atoms with Crippen LogP contribution < -0.4 is 4.72 Å². The molecule has 9 heteroatoms. The summed E-state index contributed by atoms with van der Waals surface area (Å²) in [7, 11) is -2.07. The van der Waals surface area contributed by atoms with E-state index >= 15 is 0 Å². The van der Waals surface area contributed by atoms with Crippen molar-refractivity contribution in [1.29, 1.82) is 0 Å². The van der Waals surface area contributed by atoms with Crippen molar-refractivity contribution in [1.82, 2.24) is 19.5 Å². The molecule has 0 bridgehead atoms. The van der Waals surface area contributed by atoms with Crippen LogP contribution in [-0.4, -0.2) is 28.3 Å². The molecule has 98 valence electrons. The first-order valence-corrected chi connectivity index (χ1v) is 6.53. The van der Waals surface area contributed by atoms with E-state index in [2.05, 4.69) is 14.8 Å². The Morgan fingerprint density at radius 3 is 2.83 bits per heavy atom. The summed E-state index contributed by atoms with van der Waals surface area (Å²) in [5, 5.41) is 12.5. The Balaban J connectivity index is 2.07. The van der Waals surface area contributed by atoms with Crippen LogP contribution in [-0.2, 0) is 30.2 Å². The van der Waals surface area contributed by atoms with Crippen molar-refractivity contribution < 1.29 is 17.9 Å². The fourth-order valence-electron chi connectivity index (χ4n) is 1.28. The highest BCUT2D eigenvalue weighted by atomic mass is 32.2. The number of sulfonamides is 1. The summed E-state index contributed by atoms with van der Waals surface area (Å²) >= 11 is 0. The Kier molecular flexibility index (Phi) is 3.45. The Labute approximate surface area is 103 Å². The van der Waals surface area contributed by atoms with E-state index in [4.69, 9.17) is 9.52 Å². The predicted octanol–water partition coefficient (Wildman–Crippen LogP) is -0.621. The van der Waals surface area contributed by atoms with Crippen molar-refractivity contribution in [2.75, 3.05) is 0 Å². The van der Waals surface area contributed by atoms with E-state index < -0.39 is 10.0 Å². The number of aryl methyl sites for hydroxylation is 1. The van der Waals surface area contributed by atoms with E-state index in [0.717, 1.165) is 0 Å². The Morgan fingerprint density at radius 1 is 1.50 bits per heavy atom. The maximum Gasteiger partial charge on any atom is 0.274 e. The van der Waals surface area contributed by atoms with Crippen molar-refractivity contribution >= 4 is 10.0 Å². The molecule has 0 aliphatic heterocycles. The van der Waals surface area contributed by atoms with Crippen molar-refractivity contribution in [2.24, 2.45) is 7.05 Å². The molecular weight excluding hydrogens is 260 g/mol. The SMILES string of the molecule is Cn1cnc(CNS(=O)(=O)c2ccc(CO)o2)n1. The Hall–Kier alpha value is -1.71. The van der Waals surface area contributed by atoms with Crippen LogP contribution in [0.1, 0.15) is 11.6 Å². The summed E-state index contributed by atoms with van der Waals surface area (Å²) in [5.41, 5.74) is 0. The van der Waals surface area contributed by atoms with E-state index in [-0.39, 0.29) is 24.0 Å². The molecule has 2 aromatic heterocycles. The van der Waals surface area contributed by atoms with Crippen LogP contribution in [0.4, 0.5) is 0 Å². The lowest BCUT2D eigenvalue weighted by atomic mass is 10.5. The standard InChI is InChI=1S/C9H12N4O4S/c1-13-6-10-8(12-13)4-11-18(15,16)9-3-2-7(5-14)17-9/h2-3,6,11,14H,4-5H2,1H3. The molecule has 0 unspecified atom stereocenters. The summed E-state index contributed by atoms with van der Waals surface area (Å²) in [6.45, 7) is -0.379. The average molecular weight is 272 g/mol. The molecule has 0 saturated carbocycles. The fraction of sp³-hybridized carbons (Fsp3) is 0.333. The van der Waals surface area contributed by atoms with Gasteiger partial charge in [0.1, 0.15) is 18.7 Å². The normalized spacial score (nSPS) is 11.9. The van der Waals surface area contributed by atoms with Gasteiger partial charge in [-0.2, -0.15) is 5.10 Å². The highest BCUT2D eigenvalue weighted by Gasteiger charge is 2.19. The maximum atomic E-state index is 11.8. The second-order valence-electron chi connectivity index (χ2n) is 3.54. The van der Waals surface area contributed by atoms with Crippen LogP contribution in [0.25, 0.3) is 0 Å². The van der Waals surface area contributed by atoms with Crippen molar-refractivity contribution in [2.45, 2.75) is 18.2 Å². The quantitative estimate of drug-likeness (QED) is 0.750. The summed E-state index contributed by atoms with van der Waals surface area (Å²) in [4.78, 5) is 3.89. The number of nitrogens with zero attached hydrogens (tertiary/aromatic N) is 3. The largest absolute Gasteiger partial charge is 0.446 e. The number of nitrogens with one attached hydrogen (secondary N) is 1. The zero-order valence-corrected chi connectivity index (χ0v) is 10.4. The van der Waals surface area contributed by atoms with Crippen LogP contribution in [0.3, 0.4) is 0 Å². The minimum Gasteiger partial charge on any atom is -0.446 e. The van der Waals surface area contributed by atoms with Gasteiger partial charge in [0.2, 0.25) is 5.09 Å². The highest BCUT2D eigenvalue weighted by Crippen LogP contribution is 2.13. The molecule has 2 rings (SSSR count). The van der Waals surface area contributed by atoms with E-state index in [1.165, 1.54) is 23.1 Å². The van der Waals surface area contributed by atoms with Crippen LogP contribution in [0.2, 0.25) is 0 Å². The number of aliphatic hydroxyl groups is 1. The van der Waals surface area contributed by atoms with Gasteiger partial charge < -0.3 is 9.52 Å². The Morgan fingerprint density at radius 2 is 2.28 bits per heavy atom. The molecule has 8 nitrogen and oxygen atoms in total. The molecule has 0 aliphatic carbocycles. The maximum absolute atomic E-state index is 11.8. The van der Waals surface area contributed by atoms with Gasteiger partial charge in [-0.1, -0.05) is 0 Å². The third-order valence-electron chi connectivity index (χ3n) is 2.13. The molecule has 2 heterocycles. The van der Waals surface area contributed by atoms with Gasteiger partial charge in [0, 0.05) is 7.05 Å². The molecule has 0 amide bonds. The van der Waals surface area contributed by atoms with Crippen LogP contribution >= 0.6 is 0 Å². The number of furan rings is 1. The molecule has 0 aromatic carbocycles. The average Bonchev–Trinajstić information content (AvgIpc) is 2.95. The minimum atomic E-state index is -3.76. The first-order chi connectivity index (χ1) is 8.51. The van der Waals surface area contributed by atoms with Gasteiger partial charge >= 0.3 is 0 Å². The summed E-state index contributed by atoms with van der Waals surface area (Å²) in [6.07, 6.45) is 1.47. The zero-order valence-electron chi connectivity index (χ0n) is 9.57. The number of aliphatic hydroxyl groups excluding tert-OH is 1. The first-order valence-electron chi connectivity index (χ1n) is 5.05. The van der Waals surface area contributed by atoms with Gasteiger partial charge in [0.15, 0.2) is 5.82 Å². The highest BCUT2D eigenvalue weighted by molar-refractivity contribution is 7.89. The van der Waals surface area contributed by atoms with Crippen LogP contribution in [0.15, 0.2) is 28.0 Å². The van der Waals surface area contributed by atoms with Crippen molar-refractivity contribution in [3.8, 4) is 0 Å². The smallest absolute Gasteiger partial charge is 0.274 e. The van der Waals surface area contributed by atoms with Crippen molar-refractivity contribution in [3.05, 3.63) is 30.0 Å². The molecule has 0 aliphatic rings. The van der Waals surface area contributed by atoms with E-state index in [1.807, 2.05) is 0 Å². The van der Waals surface area contributed by atoms with Gasteiger partial charge in [0.25, 0.3) is 10.0 Å². The van der Waals surface area contributed by atoms with Gasteiger partial charge in [-0.05, 0) is 12.1 Å². The molecule has 0 fully saturated rings. The van der Waals surface area contributed by atoms with Crippen LogP contribution in [0, 0.1) is 0 Å². The van der Waals surface area contributed by atoms with E-state index in [1.54, 1.807) is 7.05 Å². The van der Waals surface area contributed by atoms with E-state index in [0.29, 0.717) is 5.82 Å². The predicted molar refractivity (Wildman–Crippen MR) is 59.7 cm³/mol. The number of hydrogen-bond donors (Lipinski definition) is 2. The molecule has 0 radical (unpaired) electrons. The second-order valence-corrected chi connectivity index (χ2v) is 5.24. The van der Waals surface area contributed by atoms with Gasteiger partial charge in [-0.25, -0.2) is 18.1 Å². The topological polar surface area (TPSA) is 110 Å². The lowest BCUT2D eigenvalue weighted by Crippen LogP contribution is -2.23. The summed E-state index contributed by atoms with van der Waals surface area (Å²) in [6, 6.07) is 2.67. The van der Waals surface area contributed by atoms with Crippen molar-refractivity contribution in [3.63, 3.8) is 0 Å². The third kappa shape index (κ3) is 2.75. The van der Waals surface area contributed by atoms with Gasteiger partial charge in [-0.15, -0.1) is 0 Å².